The molecule has 2 heterocycles. The molecule has 2 aliphatic heterocycles. The van der Waals surface area contributed by atoms with Crippen molar-refractivity contribution in [2.24, 2.45) is 5.92 Å². The Morgan fingerprint density at radius 3 is 2.38 bits per heavy atom. The lowest BCUT2D eigenvalue weighted by molar-refractivity contribution is 0.0650. The summed E-state index contributed by atoms with van der Waals surface area (Å²) in [6, 6.07) is 10.7. The number of ketones is 1. The van der Waals surface area contributed by atoms with Gasteiger partial charge in [0.2, 0.25) is 0 Å². The number of hydrogen-bond acceptors (Lipinski definition) is 5. The third-order valence-electron chi connectivity index (χ3n) is 5.38. The first kappa shape index (κ1) is 19.8. The van der Waals surface area contributed by atoms with Crippen molar-refractivity contribution in [1.82, 2.24) is 4.90 Å². The molecule has 7 heteroatoms. The molecule has 29 heavy (non-hydrogen) atoms. The van der Waals surface area contributed by atoms with E-state index in [1.807, 2.05) is 4.90 Å². The monoisotopic (exact) mass is 459 g/mol. The van der Waals surface area contributed by atoms with Gasteiger partial charge >= 0.3 is 0 Å². The van der Waals surface area contributed by atoms with Crippen LogP contribution in [-0.2, 0) is 0 Å². The van der Waals surface area contributed by atoms with Crippen molar-refractivity contribution in [2.45, 2.75) is 12.8 Å². The van der Waals surface area contributed by atoms with Gasteiger partial charge < -0.3 is 19.1 Å². The molecule has 2 aromatic rings. The number of carbonyl (C=O) groups is 2. The SMILES string of the molecule is COc1ccc(C(=O)N2CCC(C(=O)c3ccc4c(c3)OCCO4)CC2)cc1Br. The summed E-state index contributed by atoms with van der Waals surface area (Å²) >= 11 is 3.42. The molecule has 0 saturated carbocycles. The molecule has 4 rings (SSSR count). The summed E-state index contributed by atoms with van der Waals surface area (Å²) in [7, 11) is 1.59. The summed E-state index contributed by atoms with van der Waals surface area (Å²) in [5.74, 6) is 1.97. The van der Waals surface area contributed by atoms with E-state index in [0.717, 1.165) is 4.47 Å². The maximum Gasteiger partial charge on any atom is 0.253 e. The summed E-state index contributed by atoms with van der Waals surface area (Å²) in [4.78, 5) is 27.5. The zero-order valence-electron chi connectivity index (χ0n) is 16.2. The highest BCUT2D eigenvalue weighted by atomic mass is 79.9. The molecule has 0 N–H and O–H groups in total. The second kappa shape index (κ2) is 8.45. The number of hydrogen-bond donors (Lipinski definition) is 0. The van der Waals surface area contributed by atoms with E-state index in [4.69, 9.17) is 14.2 Å². The fraction of sp³-hybridized carbons (Fsp3) is 0.364. The summed E-state index contributed by atoms with van der Waals surface area (Å²) < 4.78 is 17.1. The number of methoxy groups -OCH3 is 1. The Labute approximate surface area is 177 Å². The number of nitrogens with zero attached hydrogens (tertiary/aromatic N) is 1. The molecule has 0 radical (unpaired) electrons. The van der Waals surface area contributed by atoms with Crippen LogP contribution in [0.1, 0.15) is 33.6 Å². The van der Waals surface area contributed by atoms with Crippen molar-refractivity contribution in [2.75, 3.05) is 33.4 Å². The highest BCUT2D eigenvalue weighted by molar-refractivity contribution is 9.10. The number of ether oxygens (including phenoxy) is 3. The van der Waals surface area contributed by atoms with Gasteiger partial charge in [0.1, 0.15) is 19.0 Å². The maximum atomic E-state index is 12.9. The molecule has 0 bridgehead atoms. The van der Waals surface area contributed by atoms with Gasteiger partial charge in [-0.2, -0.15) is 0 Å². The van der Waals surface area contributed by atoms with Gasteiger partial charge in [-0.15, -0.1) is 0 Å². The van der Waals surface area contributed by atoms with E-state index in [1.165, 1.54) is 0 Å². The van der Waals surface area contributed by atoms with Crippen molar-refractivity contribution in [3.63, 3.8) is 0 Å². The van der Waals surface area contributed by atoms with E-state index in [9.17, 15) is 9.59 Å². The number of likely N-dealkylation sites (tertiary alicyclic amines) is 1. The minimum absolute atomic E-state index is 0.0291. The number of Topliss-reactive ketones (excluding diaryl/α,β-unsaturated/α-hetero) is 1. The lowest BCUT2D eigenvalue weighted by atomic mass is 9.88. The zero-order valence-corrected chi connectivity index (χ0v) is 17.7. The number of amides is 1. The van der Waals surface area contributed by atoms with E-state index in [1.54, 1.807) is 43.5 Å². The first-order chi connectivity index (χ1) is 14.1. The summed E-state index contributed by atoms with van der Waals surface area (Å²) in [5.41, 5.74) is 1.24. The summed E-state index contributed by atoms with van der Waals surface area (Å²) in [5, 5.41) is 0. The normalized spacial score (nSPS) is 16.4. The molecule has 0 atom stereocenters. The van der Waals surface area contributed by atoms with Crippen LogP contribution in [0.2, 0.25) is 0 Å². The van der Waals surface area contributed by atoms with E-state index in [0.29, 0.717) is 67.5 Å². The topological polar surface area (TPSA) is 65.1 Å². The fourth-order valence-corrected chi connectivity index (χ4v) is 4.30. The number of carbonyl (C=O) groups excluding carboxylic acids is 2. The van der Waals surface area contributed by atoms with Gasteiger partial charge in [-0.25, -0.2) is 0 Å². The Kier molecular flexibility index (Phi) is 5.76. The Morgan fingerprint density at radius 1 is 1.00 bits per heavy atom. The second-order valence-electron chi connectivity index (χ2n) is 7.14. The molecular weight excluding hydrogens is 438 g/mol. The van der Waals surface area contributed by atoms with Crippen molar-refractivity contribution in [1.29, 1.82) is 0 Å². The molecule has 2 aromatic carbocycles. The van der Waals surface area contributed by atoms with Gasteiger partial charge in [0, 0.05) is 30.1 Å². The molecule has 1 saturated heterocycles. The Bertz CT molecular complexity index is 937. The van der Waals surface area contributed by atoms with Gasteiger partial charge in [0.15, 0.2) is 17.3 Å². The summed E-state index contributed by atoms with van der Waals surface area (Å²) in [6.45, 7) is 2.14. The van der Waals surface area contributed by atoms with Crippen LogP contribution in [0.15, 0.2) is 40.9 Å². The van der Waals surface area contributed by atoms with Crippen LogP contribution in [0.4, 0.5) is 0 Å². The molecule has 1 amide bonds. The van der Waals surface area contributed by atoms with Crippen LogP contribution in [0.3, 0.4) is 0 Å². The quantitative estimate of drug-likeness (QED) is 0.647. The van der Waals surface area contributed by atoms with Gasteiger partial charge in [0.05, 0.1) is 11.6 Å². The van der Waals surface area contributed by atoms with Gasteiger partial charge in [-0.05, 0) is 65.2 Å². The molecule has 6 nitrogen and oxygen atoms in total. The predicted octanol–water partition coefficient (Wildman–Crippen LogP) is 3.96. The van der Waals surface area contributed by atoms with Crippen molar-refractivity contribution < 1.29 is 23.8 Å². The average Bonchev–Trinajstić information content (AvgIpc) is 2.77. The molecule has 1 fully saturated rings. The largest absolute Gasteiger partial charge is 0.496 e. The maximum absolute atomic E-state index is 12.9. The smallest absolute Gasteiger partial charge is 0.253 e. The molecule has 152 valence electrons. The fourth-order valence-electron chi connectivity index (χ4n) is 3.76. The van der Waals surface area contributed by atoms with Crippen molar-refractivity contribution >= 4 is 27.6 Å². The second-order valence-corrected chi connectivity index (χ2v) is 7.99. The number of rotatable bonds is 4. The lowest BCUT2D eigenvalue weighted by Crippen LogP contribution is -2.40. The molecule has 0 unspecified atom stereocenters. The molecule has 2 aliphatic rings. The Morgan fingerprint density at radius 2 is 1.69 bits per heavy atom. The van der Waals surface area contributed by atoms with Crippen LogP contribution in [-0.4, -0.2) is 50.0 Å². The van der Waals surface area contributed by atoms with E-state index in [2.05, 4.69) is 15.9 Å². The minimum atomic E-state index is -0.0933. The molecule has 0 spiro atoms. The van der Waals surface area contributed by atoms with E-state index >= 15 is 0 Å². The first-order valence-corrected chi connectivity index (χ1v) is 10.4. The standard InChI is InChI=1S/C22H22BrNO5/c1-27-18-4-3-16(12-17(18)23)22(26)24-8-6-14(7-9-24)21(25)15-2-5-19-20(13-15)29-11-10-28-19/h2-5,12-14H,6-11H2,1H3. The van der Waals surface area contributed by atoms with Gasteiger partial charge in [-0.3, -0.25) is 9.59 Å². The lowest BCUT2D eigenvalue weighted by Gasteiger charge is -2.31. The van der Waals surface area contributed by atoms with Crippen molar-refractivity contribution in [3.05, 3.63) is 52.0 Å². The van der Waals surface area contributed by atoms with Crippen LogP contribution < -0.4 is 14.2 Å². The van der Waals surface area contributed by atoms with Gasteiger partial charge in [0.25, 0.3) is 5.91 Å². The van der Waals surface area contributed by atoms with Crippen LogP contribution in [0.25, 0.3) is 0 Å². The van der Waals surface area contributed by atoms with Crippen molar-refractivity contribution in [3.8, 4) is 17.2 Å². The predicted molar refractivity (Wildman–Crippen MR) is 111 cm³/mol. The summed E-state index contributed by atoms with van der Waals surface area (Å²) in [6.07, 6.45) is 1.30. The molecular formula is C22H22BrNO5. The van der Waals surface area contributed by atoms with E-state index in [-0.39, 0.29) is 17.6 Å². The number of piperidine rings is 1. The highest BCUT2D eigenvalue weighted by Crippen LogP contribution is 2.33. The zero-order chi connectivity index (χ0) is 20.4. The minimum Gasteiger partial charge on any atom is -0.496 e. The third kappa shape index (κ3) is 4.10. The van der Waals surface area contributed by atoms with E-state index < -0.39 is 0 Å². The number of fused-ring (bicyclic) bond motifs is 1. The first-order valence-electron chi connectivity index (χ1n) is 9.63. The van der Waals surface area contributed by atoms with Crippen LogP contribution in [0, 0.1) is 5.92 Å². The average molecular weight is 460 g/mol. The van der Waals surface area contributed by atoms with Gasteiger partial charge in [-0.1, -0.05) is 0 Å². The van der Waals surface area contributed by atoms with Crippen LogP contribution in [0.5, 0.6) is 17.2 Å². The Hall–Kier alpha value is -2.54. The molecule has 0 aromatic heterocycles. The van der Waals surface area contributed by atoms with Crippen LogP contribution >= 0.6 is 15.9 Å². The number of halogens is 1. The number of benzene rings is 2. The molecule has 0 aliphatic carbocycles. The Balaban J connectivity index is 1.39. The highest BCUT2D eigenvalue weighted by Gasteiger charge is 2.29. The third-order valence-corrected chi connectivity index (χ3v) is 6.00.